The first kappa shape index (κ1) is 20.8. The highest BCUT2D eigenvalue weighted by Gasteiger charge is 2.23. The van der Waals surface area contributed by atoms with Crippen molar-refractivity contribution in [1.29, 1.82) is 0 Å². The first-order valence-corrected chi connectivity index (χ1v) is 16.0. The van der Waals surface area contributed by atoms with Crippen molar-refractivity contribution < 1.29 is 13.3 Å². The molecule has 0 radical (unpaired) electrons. The lowest BCUT2D eigenvalue weighted by atomic mass is 10.0. The molecule has 5 heteroatoms. The lowest BCUT2D eigenvalue weighted by molar-refractivity contribution is 0.664. The quantitative estimate of drug-likeness (QED) is 0.224. The molecule has 0 aliphatic carbocycles. The van der Waals surface area contributed by atoms with E-state index in [-0.39, 0.29) is 0 Å². The second-order valence-electron chi connectivity index (χ2n) is 10.8. The van der Waals surface area contributed by atoms with Crippen molar-refractivity contribution in [3.8, 4) is 11.3 Å². The molecular weight excluding hydrogens is 474 g/mol. The van der Waals surface area contributed by atoms with E-state index in [0.29, 0.717) is 0 Å². The monoisotopic (exact) mass is 497 g/mol. The van der Waals surface area contributed by atoms with Crippen LogP contribution in [0.2, 0.25) is 19.6 Å². The summed E-state index contributed by atoms with van der Waals surface area (Å²) in [6.45, 7) is 7.04. The van der Waals surface area contributed by atoms with Crippen LogP contribution in [0.5, 0.6) is 0 Å². The maximum atomic E-state index is 6.49. The van der Waals surface area contributed by atoms with Crippen molar-refractivity contribution in [3.63, 3.8) is 0 Å². The van der Waals surface area contributed by atoms with Gasteiger partial charge in [-0.05, 0) is 29.5 Å². The Balaban J connectivity index is 1.36. The fraction of sp³-hybridized carbons (Fsp3) is 0.0938. The topological polar surface area (TPSA) is 52.3 Å². The van der Waals surface area contributed by atoms with Gasteiger partial charge in [-0.1, -0.05) is 68.2 Å². The standard InChI is InChI=1S/C32H23NO3Si/c1-37(2,3)30-13-7-10-20-24-17-33-25(16-29(24)36-32(20)30)21-11-6-9-19-23-15-27-22(14-28(23)35-31(19)21)18-8-4-5-12-26(18)34-27/h4-17H,1-3H3. The van der Waals surface area contributed by atoms with Gasteiger partial charge in [-0.15, -0.1) is 0 Å². The number of hydrogen-bond donors (Lipinski definition) is 0. The fourth-order valence-electron chi connectivity index (χ4n) is 5.65. The van der Waals surface area contributed by atoms with Gasteiger partial charge in [0.2, 0.25) is 0 Å². The van der Waals surface area contributed by atoms with Crippen molar-refractivity contribution in [3.05, 3.63) is 85.1 Å². The van der Waals surface area contributed by atoms with Crippen molar-refractivity contribution >= 4 is 79.1 Å². The van der Waals surface area contributed by atoms with E-state index in [0.717, 1.165) is 77.1 Å². The van der Waals surface area contributed by atoms with Crippen molar-refractivity contribution in [2.75, 3.05) is 0 Å². The van der Waals surface area contributed by atoms with Crippen LogP contribution in [-0.4, -0.2) is 13.1 Å². The Hall–Kier alpha value is -4.35. The minimum absolute atomic E-state index is 0.820. The summed E-state index contributed by atoms with van der Waals surface area (Å²) in [7, 11) is -1.56. The van der Waals surface area contributed by atoms with E-state index >= 15 is 0 Å². The molecule has 0 aliphatic rings. The molecular formula is C32H23NO3Si. The molecule has 178 valence electrons. The third-order valence-corrected chi connectivity index (χ3v) is 9.47. The van der Waals surface area contributed by atoms with Gasteiger partial charge in [0, 0.05) is 50.1 Å². The number of nitrogens with zero attached hydrogens (tertiary/aromatic N) is 1. The normalized spacial score (nSPS) is 12.7. The average molecular weight is 498 g/mol. The molecule has 0 N–H and O–H groups in total. The predicted molar refractivity (Wildman–Crippen MR) is 154 cm³/mol. The Labute approximate surface area is 213 Å². The van der Waals surface area contributed by atoms with Gasteiger partial charge in [0.05, 0.1) is 13.8 Å². The number of para-hydroxylation sites is 3. The van der Waals surface area contributed by atoms with Crippen LogP contribution in [0.3, 0.4) is 0 Å². The van der Waals surface area contributed by atoms with E-state index in [1.54, 1.807) is 0 Å². The number of aromatic nitrogens is 1. The molecule has 0 aliphatic heterocycles. The maximum Gasteiger partial charge on any atom is 0.144 e. The summed E-state index contributed by atoms with van der Waals surface area (Å²) in [5, 5.41) is 7.74. The third-order valence-electron chi connectivity index (χ3n) is 7.46. The van der Waals surface area contributed by atoms with Gasteiger partial charge >= 0.3 is 0 Å². The summed E-state index contributed by atoms with van der Waals surface area (Å²) in [5.74, 6) is 0. The van der Waals surface area contributed by atoms with Gasteiger partial charge in [-0.25, -0.2) is 0 Å². The molecule has 37 heavy (non-hydrogen) atoms. The SMILES string of the molecule is C[Si](C)(C)c1cccc2c1oc1cc(-c3cccc4c3oc3cc5c(cc34)oc3ccccc35)ncc12. The number of rotatable bonds is 2. The molecule has 0 unspecified atom stereocenters. The Bertz CT molecular complexity index is 2190. The van der Waals surface area contributed by atoms with Crippen LogP contribution in [0.4, 0.5) is 0 Å². The minimum atomic E-state index is -1.56. The number of fused-ring (bicyclic) bond motifs is 9. The van der Waals surface area contributed by atoms with Crippen LogP contribution in [0.15, 0.2) is 98.3 Å². The van der Waals surface area contributed by atoms with Crippen LogP contribution >= 0.6 is 0 Å². The molecule has 8 rings (SSSR count). The van der Waals surface area contributed by atoms with Crippen molar-refractivity contribution in [2.24, 2.45) is 0 Å². The summed E-state index contributed by atoms with van der Waals surface area (Å²) >= 11 is 0. The van der Waals surface area contributed by atoms with E-state index in [4.69, 9.17) is 18.2 Å². The summed E-state index contributed by atoms with van der Waals surface area (Å²) in [6.07, 6.45) is 1.94. The Morgan fingerprint density at radius 3 is 2.03 bits per heavy atom. The van der Waals surface area contributed by atoms with Crippen LogP contribution in [0.25, 0.3) is 77.1 Å². The number of furan rings is 3. The van der Waals surface area contributed by atoms with E-state index < -0.39 is 8.07 Å². The second-order valence-corrected chi connectivity index (χ2v) is 15.9. The van der Waals surface area contributed by atoms with Gasteiger partial charge in [-0.3, -0.25) is 4.98 Å². The highest BCUT2D eigenvalue weighted by molar-refractivity contribution is 6.90. The highest BCUT2D eigenvalue weighted by atomic mass is 28.3. The molecule has 4 aromatic heterocycles. The number of benzene rings is 4. The summed E-state index contributed by atoms with van der Waals surface area (Å²) in [6, 6.07) is 27.0. The van der Waals surface area contributed by atoms with Crippen LogP contribution in [0.1, 0.15) is 0 Å². The van der Waals surface area contributed by atoms with Gasteiger partial charge in [0.15, 0.2) is 0 Å². The predicted octanol–water partition coefficient (Wildman–Crippen LogP) is 8.99. The molecule has 4 heterocycles. The molecule has 0 spiro atoms. The van der Waals surface area contributed by atoms with Crippen LogP contribution < -0.4 is 5.19 Å². The molecule has 0 bridgehead atoms. The first-order chi connectivity index (χ1) is 18.0. The Morgan fingerprint density at radius 1 is 0.541 bits per heavy atom. The van der Waals surface area contributed by atoms with Crippen LogP contribution in [0, 0.1) is 0 Å². The fourth-order valence-corrected chi connectivity index (χ4v) is 7.11. The maximum absolute atomic E-state index is 6.49. The smallest absolute Gasteiger partial charge is 0.144 e. The van der Waals surface area contributed by atoms with Gasteiger partial charge in [0.25, 0.3) is 0 Å². The molecule has 0 saturated carbocycles. The lowest BCUT2D eigenvalue weighted by Gasteiger charge is -2.16. The van der Waals surface area contributed by atoms with E-state index in [9.17, 15) is 0 Å². The molecule has 4 aromatic carbocycles. The largest absolute Gasteiger partial charge is 0.456 e. The lowest BCUT2D eigenvalue weighted by Crippen LogP contribution is -2.37. The van der Waals surface area contributed by atoms with Gasteiger partial charge < -0.3 is 13.3 Å². The highest BCUT2D eigenvalue weighted by Crippen LogP contribution is 2.40. The van der Waals surface area contributed by atoms with E-state index in [1.807, 2.05) is 30.5 Å². The van der Waals surface area contributed by atoms with Crippen molar-refractivity contribution in [1.82, 2.24) is 4.98 Å². The Morgan fingerprint density at radius 2 is 1.19 bits per heavy atom. The molecule has 8 aromatic rings. The second kappa shape index (κ2) is 7.11. The summed E-state index contributed by atoms with van der Waals surface area (Å²) < 4.78 is 19.1. The summed E-state index contributed by atoms with van der Waals surface area (Å²) in [5.41, 5.74) is 7.03. The zero-order chi connectivity index (χ0) is 24.9. The minimum Gasteiger partial charge on any atom is -0.456 e. The molecule has 4 nitrogen and oxygen atoms in total. The number of hydrogen-bond acceptors (Lipinski definition) is 4. The molecule has 0 saturated heterocycles. The zero-order valence-corrected chi connectivity index (χ0v) is 21.8. The average Bonchev–Trinajstić information content (AvgIpc) is 3.56. The molecule has 0 atom stereocenters. The third kappa shape index (κ3) is 2.92. The zero-order valence-electron chi connectivity index (χ0n) is 20.8. The van der Waals surface area contributed by atoms with Crippen LogP contribution in [-0.2, 0) is 0 Å². The molecule has 0 amide bonds. The van der Waals surface area contributed by atoms with E-state index in [1.165, 1.54) is 5.19 Å². The Kier molecular flexibility index (Phi) is 4.00. The summed E-state index contributed by atoms with van der Waals surface area (Å²) in [4.78, 5) is 4.87. The first-order valence-electron chi connectivity index (χ1n) is 12.5. The van der Waals surface area contributed by atoms with Crippen molar-refractivity contribution in [2.45, 2.75) is 19.6 Å². The van der Waals surface area contributed by atoms with E-state index in [2.05, 4.69) is 74.2 Å². The number of pyridine rings is 1. The van der Waals surface area contributed by atoms with Gasteiger partial charge in [0.1, 0.15) is 33.5 Å². The van der Waals surface area contributed by atoms with Gasteiger partial charge in [-0.2, -0.15) is 0 Å². The molecule has 0 fully saturated rings.